The summed E-state index contributed by atoms with van der Waals surface area (Å²) in [6.07, 6.45) is 3.20. The second kappa shape index (κ2) is 8.76. The second-order valence-corrected chi connectivity index (χ2v) is 11.0. The van der Waals surface area contributed by atoms with E-state index in [0.717, 1.165) is 54.6 Å². The summed E-state index contributed by atoms with van der Waals surface area (Å²) in [7, 11) is -3.72. The zero-order valence-corrected chi connectivity index (χ0v) is 19.6. The Morgan fingerprint density at radius 2 is 2.09 bits per heavy atom. The normalized spacial score (nSPS) is 19.0. The molecule has 0 aromatic carbocycles. The van der Waals surface area contributed by atoms with E-state index in [1.54, 1.807) is 0 Å². The monoisotopic (exact) mass is 478 g/mol. The fourth-order valence-corrected chi connectivity index (χ4v) is 5.45. The van der Waals surface area contributed by atoms with Gasteiger partial charge < -0.3 is 20.6 Å². The first kappa shape index (κ1) is 23.8. The van der Waals surface area contributed by atoms with Gasteiger partial charge in [-0.25, -0.2) is 14.1 Å². The summed E-state index contributed by atoms with van der Waals surface area (Å²) < 4.78 is 18.0. The van der Waals surface area contributed by atoms with Gasteiger partial charge in [0.2, 0.25) is 0 Å². The first-order valence-corrected chi connectivity index (χ1v) is 12.5. The van der Waals surface area contributed by atoms with Crippen LogP contribution in [-0.2, 0) is 47.7 Å². The number of amides is 2. The Kier molecular flexibility index (Phi) is 6.31. The smallest absolute Gasteiger partial charge is 0.354 e. The van der Waals surface area contributed by atoms with Crippen LogP contribution >= 0.6 is 0 Å². The fraction of sp³-hybridized carbons (Fsp3) is 0.571. The van der Waals surface area contributed by atoms with E-state index >= 15 is 0 Å². The molecule has 2 aromatic rings. The lowest BCUT2D eigenvalue weighted by molar-refractivity contribution is 0.0760. The third kappa shape index (κ3) is 4.53. The first-order valence-electron chi connectivity index (χ1n) is 10.9. The number of hydrogen-bond acceptors (Lipinski definition) is 7. The van der Waals surface area contributed by atoms with Crippen molar-refractivity contribution in [3.63, 3.8) is 0 Å². The molecule has 0 bridgehead atoms. The van der Waals surface area contributed by atoms with E-state index in [9.17, 15) is 19.2 Å². The van der Waals surface area contributed by atoms with Crippen LogP contribution in [0.4, 0.5) is 10.5 Å². The maximum Gasteiger partial charge on any atom is 0.354 e. The number of nitrogens with zero attached hydrogens (tertiary/aromatic N) is 4. The quantitative estimate of drug-likeness (QED) is 0.407. The Morgan fingerprint density at radius 3 is 2.79 bits per heavy atom. The van der Waals surface area contributed by atoms with Gasteiger partial charge in [-0.2, -0.15) is 5.10 Å². The Labute approximate surface area is 192 Å². The maximum absolute atomic E-state index is 13.1. The molecule has 0 spiro atoms. The molecule has 0 fully saturated rings. The molecule has 0 aliphatic heterocycles. The molecule has 2 atom stereocenters. The molecular weight excluding hydrogens is 448 g/mol. The van der Waals surface area contributed by atoms with Crippen molar-refractivity contribution in [1.29, 1.82) is 0 Å². The number of anilines is 1. The molecule has 2 unspecified atom stereocenters. The lowest BCUT2D eigenvalue weighted by Gasteiger charge is -2.20. The molecule has 0 saturated carbocycles. The molecule has 2 aliphatic rings. The zero-order valence-electron chi connectivity index (χ0n) is 18.7. The van der Waals surface area contributed by atoms with Crippen LogP contribution in [0.25, 0.3) is 0 Å². The highest BCUT2D eigenvalue weighted by Gasteiger charge is 2.36. The van der Waals surface area contributed by atoms with Crippen molar-refractivity contribution in [2.24, 2.45) is 9.50 Å². The molecule has 0 saturated heterocycles. The summed E-state index contributed by atoms with van der Waals surface area (Å²) in [6, 6.07) is 0.429. The van der Waals surface area contributed by atoms with Crippen molar-refractivity contribution < 1.29 is 24.3 Å². The second-order valence-electron chi connectivity index (χ2n) is 9.22. The summed E-state index contributed by atoms with van der Waals surface area (Å²) in [5.41, 5.74) is 4.81. The third-order valence-electron chi connectivity index (χ3n) is 6.31. The lowest BCUT2D eigenvalue weighted by atomic mass is 9.90. The molecule has 2 heterocycles. The molecule has 0 radical (unpaired) electrons. The average molecular weight is 479 g/mol. The number of urea groups is 1. The van der Waals surface area contributed by atoms with Gasteiger partial charge in [-0.15, -0.1) is 4.36 Å². The number of rotatable bonds is 6. The van der Waals surface area contributed by atoms with E-state index in [1.807, 2.05) is 0 Å². The SMILES string of the molecule is CC1(C)CCc2c1nc1c(c2NC(=O)N=S(N)(=O)c2cc(CO)n(CC(O)CO)n2)CCC1. The van der Waals surface area contributed by atoms with Crippen molar-refractivity contribution in [2.45, 2.75) is 75.6 Å². The number of nitrogens with two attached hydrogens (primary N) is 1. The topological polar surface area (TPSA) is 176 Å². The van der Waals surface area contributed by atoms with Crippen molar-refractivity contribution in [3.8, 4) is 0 Å². The van der Waals surface area contributed by atoms with Gasteiger partial charge in [-0.05, 0) is 43.2 Å². The van der Waals surface area contributed by atoms with Crippen LogP contribution in [0, 0.1) is 0 Å². The predicted octanol–water partition coefficient (Wildman–Crippen LogP) is 0.769. The largest absolute Gasteiger partial charge is 0.394 e. The Morgan fingerprint density at radius 1 is 1.33 bits per heavy atom. The van der Waals surface area contributed by atoms with Gasteiger partial charge in [0.1, 0.15) is 0 Å². The summed E-state index contributed by atoms with van der Waals surface area (Å²) in [5.74, 6) is 0. The van der Waals surface area contributed by atoms with Crippen molar-refractivity contribution in [2.75, 3.05) is 11.9 Å². The number of nitrogens with one attached hydrogen (secondary N) is 1. The number of fused-ring (bicyclic) bond motifs is 2. The standard InChI is InChI=1S/C21H30N6O5S/c1-21(2)7-6-15-18(14-4-3-5-16(14)23-19(15)21)24-20(31)26-33(22,32)17-8-12(10-28)27(25-17)9-13(30)11-29/h8,13,28-30H,3-7,9-11H2,1-2H3,(H3,22,23,24,26,31,32). The van der Waals surface area contributed by atoms with Crippen LogP contribution < -0.4 is 10.5 Å². The highest BCUT2D eigenvalue weighted by atomic mass is 32.2. The molecule has 12 heteroatoms. The van der Waals surface area contributed by atoms with E-state index in [-0.39, 0.29) is 22.7 Å². The van der Waals surface area contributed by atoms with E-state index in [0.29, 0.717) is 5.69 Å². The molecule has 6 N–H and O–H groups in total. The van der Waals surface area contributed by atoms with E-state index < -0.39 is 35.3 Å². The van der Waals surface area contributed by atoms with Gasteiger partial charge in [0, 0.05) is 17.2 Å². The van der Waals surface area contributed by atoms with E-state index in [4.69, 9.17) is 15.2 Å². The fourth-order valence-electron chi connectivity index (χ4n) is 4.55. The Bertz CT molecular complexity index is 1210. The van der Waals surface area contributed by atoms with Crippen molar-refractivity contribution in [3.05, 3.63) is 34.3 Å². The van der Waals surface area contributed by atoms with Crippen LogP contribution in [0.2, 0.25) is 0 Å². The van der Waals surface area contributed by atoms with Gasteiger partial charge >= 0.3 is 6.03 Å². The number of aliphatic hydroxyl groups is 3. The van der Waals surface area contributed by atoms with Crippen molar-refractivity contribution in [1.82, 2.24) is 14.8 Å². The number of aryl methyl sites for hydroxylation is 1. The van der Waals surface area contributed by atoms with Crippen LogP contribution in [0.3, 0.4) is 0 Å². The summed E-state index contributed by atoms with van der Waals surface area (Å²) in [5, 5.41) is 40.8. The minimum Gasteiger partial charge on any atom is -0.394 e. The average Bonchev–Trinajstić information content (AvgIpc) is 3.45. The number of carbonyl (C=O) groups excluding carboxylic acids is 1. The number of hydrogen-bond donors (Lipinski definition) is 5. The third-order valence-corrected chi connectivity index (χ3v) is 7.55. The van der Waals surface area contributed by atoms with Crippen LogP contribution in [0.15, 0.2) is 15.5 Å². The van der Waals surface area contributed by atoms with Gasteiger partial charge in [-0.3, -0.25) is 9.67 Å². The molecule has 4 rings (SSSR count). The molecular formula is C21H30N6O5S. The number of pyridine rings is 1. The number of aliphatic hydroxyl groups excluding tert-OH is 3. The van der Waals surface area contributed by atoms with Gasteiger partial charge in [0.25, 0.3) is 0 Å². The zero-order chi connectivity index (χ0) is 24.0. The molecule has 2 aliphatic carbocycles. The summed E-state index contributed by atoms with van der Waals surface area (Å²) >= 11 is 0. The molecule has 2 amide bonds. The van der Waals surface area contributed by atoms with Crippen LogP contribution in [0.5, 0.6) is 0 Å². The highest BCUT2D eigenvalue weighted by molar-refractivity contribution is 7.91. The predicted molar refractivity (Wildman–Crippen MR) is 121 cm³/mol. The van der Waals surface area contributed by atoms with Gasteiger partial charge in [0.15, 0.2) is 14.9 Å². The maximum atomic E-state index is 13.1. The Balaban J connectivity index is 1.66. The minimum absolute atomic E-state index is 0.0857. The molecule has 2 aromatic heterocycles. The van der Waals surface area contributed by atoms with Gasteiger partial charge in [0.05, 0.1) is 42.9 Å². The van der Waals surface area contributed by atoms with Gasteiger partial charge in [-0.1, -0.05) is 13.8 Å². The Hall–Kier alpha value is -2.38. The number of aromatic nitrogens is 3. The van der Waals surface area contributed by atoms with Crippen LogP contribution in [0.1, 0.15) is 54.9 Å². The van der Waals surface area contributed by atoms with Crippen molar-refractivity contribution >= 4 is 21.6 Å². The lowest BCUT2D eigenvalue weighted by Crippen LogP contribution is -2.23. The minimum atomic E-state index is -3.72. The number of carbonyl (C=O) groups is 1. The van der Waals surface area contributed by atoms with Crippen LogP contribution in [-0.4, -0.2) is 53.0 Å². The molecule has 11 nitrogen and oxygen atoms in total. The molecule has 180 valence electrons. The highest BCUT2D eigenvalue weighted by Crippen LogP contribution is 2.44. The summed E-state index contributed by atoms with van der Waals surface area (Å²) in [4.78, 5) is 17.7. The van der Waals surface area contributed by atoms with E-state index in [1.165, 1.54) is 10.7 Å². The summed E-state index contributed by atoms with van der Waals surface area (Å²) in [6.45, 7) is 3.16. The first-order chi connectivity index (χ1) is 15.6. The van der Waals surface area contributed by atoms with E-state index in [2.05, 4.69) is 28.6 Å². The molecule has 33 heavy (non-hydrogen) atoms.